The van der Waals surface area contributed by atoms with E-state index in [0.29, 0.717) is 22.8 Å². The SMILES string of the molecule is CCOC(=O)c1ccc(-c2cc(Cl)cc(C(=O)O)c2)cc1. The van der Waals surface area contributed by atoms with E-state index in [2.05, 4.69) is 0 Å². The van der Waals surface area contributed by atoms with Crippen LogP contribution in [0.2, 0.25) is 5.02 Å². The van der Waals surface area contributed by atoms with Crippen LogP contribution in [0.15, 0.2) is 42.5 Å². The summed E-state index contributed by atoms with van der Waals surface area (Å²) in [4.78, 5) is 22.6. The van der Waals surface area contributed by atoms with Crippen LogP contribution in [-0.2, 0) is 4.74 Å². The molecule has 0 amide bonds. The molecule has 21 heavy (non-hydrogen) atoms. The number of esters is 1. The van der Waals surface area contributed by atoms with Crippen molar-refractivity contribution in [1.82, 2.24) is 0 Å². The van der Waals surface area contributed by atoms with Gasteiger partial charge in [-0.25, -0.2) is 9.59 Å². The second-order valence-electron chi connectivity index (χ2n) is 4.33. The van der Waals surface area contributed by atoms with Gasteiger partial charge in [-0.3, -0.25) is 0 Å². The van der Waals surface area contributed by atoms with Crippen LogP contribution in [0.25, 0.3) is 11.1 Å². The van der Waals surface area contributed by atoms with Crippen molar-refractivity contribution in [2.75, 3.05) is 6.61 Å². The molecule has 0 atom stereocenters. The number of aromatic carboxylic acids is 1. The van der Waals surface area contributed by atoms with Crippen LogP contribution >= 0.6 is 11.6 Å². The molecule has 0 saturated heterocycles. The number of hydrogen-bond donors (Lipinski definition) is 1. The summed E-state index contributed by atoms with van der Waals surface area (Å²) in [5.74, 6) is -1.43. The molecule has 2 aromatic carbocycles. The average molecular weight is 305 g/mol. The Labute approximate surface area is 126 Å². The topological polar surface area (TPSA) is 63.6 Å². The van der Waals surface area contributed by atoms with Gasteiger partial charge in [-0.15, -0.1) is 0 Å². The summed E-state index contributed by atoms with van der Waals surface area (Å²) in [5, 5.41) is 9.38. The smallest absolute Gasteiger partial charge is 0.338 e. The first kappa shape index (κ1) is 15.1. The van der Waals surface area contributed by atoms with Gasteiger partial charge in [-0.2, -0.15) is 0 Å². The van der Waals surface area contributed by atoms with Crippen molar-refractivity contribution in [1.29, 1.82) is 0 Å². The quantitative estimate of drug-likeness (QED) is 0.871. The molecule has 5 heteroatoms. The molecule has 0 fully saturated rings. The summed E-state index contributed by atoms with van der Waals surface area (Å²) in [6.45, 7) is 2.06. The summed E-state index contributed by atoms with van der Waals surface area (Å²) in [6.07, 6.45) is 0. The molecule has 0 heterocycles. The minimum Gasteiger partial charge on any atom is -0.478 e. The Kier molecular flexibility index (Phi) is 4.60. The van der Waals surface area contributed by atoms with E-state index in [1.54, 1.807) is 37.3 Å². The summed E-state index contributed by atoms with van der Waals surface area (Å²) in [7, 11) is 0. The van der Waals surface area contributed by atoms with Crippen molar-refractivity contribution in [3.8, 4) is 11.1 Å². The lowest BCUT2D eigenvalue weighted by molar-refractivity contribution is 0.0526. The Morgan fingerprint density at radius 3 is 2.29 bits per heavy atom. The van der Waals surface area contributed by atoms with E-state index in [-0.39, 0.29) is 11.5 Å². The second kappa shape index (κ2) is 6.41. The maximum atomic E-state index is 11.6. The van der Waals surface area contributed by atoms with Crippen LogP contribution in [-0.4, -0.2) is 23.7 Å². The minimum atomic E-state index is -1.04. The number of rotatable bonds is 4. The third kappa shape index (κ3) is 3.61. The highest BCUT2D eigenvalue weighted by Crippen LogP contribution is 2.25. The van der Waals surface area contributed by atoms with Crippen LogP contribution in [0.5, 0.6) is 0 Å². The number of carboxylic acid groups (broad SMARTS) is 1. The predicted octanol–water partition coefficient (Wildman–Crippen LogP) is 3.88. The van der Waals surface area contributed by atoms with Crippen molar-refractivity contribution in [2.45, 2.75) is 6.92 Å². The minimum absolute atomic E-state index is 0.118. The van der Waals surface area contributed by atoms with Gasteiger partial charge in [0.05, 0.1) is 17.7 Å². The number of benzene rings is 2. The summed E-state index contributed by atoms with van der Waals surface area (Å²) in [6, 6.07) is 11.3. The van der Waals surface area contributed by atoms with Gasteiger partial charge in [-0.1, -0.05) is 23.7 Å². The van der Waals surface area contributed by atoms with Gasteiger partial charge in [0.1, 0.15) is 0 Å². The number of carboxylic acids is 1. The van der Waals surface area contributed by atoms with Crippen LogP contribution < -0.4 is 0 Å². The molecule has 0 aromatic heterocycles. The maximum Gasteiger partial charge on any atom is 0.338 e. The molecular formula is C16H13ClO4. The Morgan fingerprint density at radius 2 is 1.71 bits per heavy atom. The van der Waals surface area contributed by atoms with Crippen LogP contribution in [0.3, 0.4) is 0 Å². The molecule has 108 valence electrons. The van der Waals surface area contributed by atoms with E-state index in [9.17, 15) is 9.59 Å². The van der Waals surface area contributed by atoms with Crippen molar-refractivity contribution in [2.24, 2.45) is 0 Å². The Morgan fingerprint density at radius 1 is 1.05 bits per heavy atom. The fraction of sp³-hybridized carbons (Fsp3) is 0.125. The van der Waals surface area contributed by atoms with E-state index in [0.717, 1.165) is 5.56 Å². The van der Waals surface area contributed by atoms with Crippen molar-refractivity contribution in [3.05, 3.63) is 58.6 Å². The van der Waals surface area contributed by atoms with Crippen LogP contribution in [0, 0.1) is 0 Å². The van der Waals surface area contributed by atoms with Gasteiger partial charge in [0.25, 0.3) is 0 Å². The first-order chi connectivity index (χ1) is 10.0. The lowest BCUT2D eigenvalue weighted by Crippen LogP contribution is -2.04. The normalized spacial score (nSPS) is 10.2. The second-order valence-corrected chi connectivity index (χ2v) is 4.77. The fourth-order valence-electron chi connectivity index (χ4n) is 1.89. The third-order valence-electron chi connectivity index (χ3n) is 2.87. The highest BCUT2D eigenvalue weighted by atomic mass is 35.5. The molecule has 0 aliphatic rings. The zero-order valence-corrected chi connectivity index (χ0v) is 12.1. The largest absolute Gasteiger partial charge is 0.478 e. The van der Waals surface area contributed by atoms with E-state index in [4.69, 9.17) is 21.4 Å². The van der Waals surface area contributed by atoms with Gasteiger partial charge in [0.2, 0.25) is 0 Å². The molecule has 0 aliphatic heterocycles. The molecule has 2 rings (SSSR count). The molecule has 0 spiro atoms. The van der Waals surface area contributed by atoms with Gasteiger partial charge >= 0.3 is 11.9 Å². The summed E-state index contributed by atoms with van der Waals surface area (Å²) >= 11 is 5.93. The van der Waals surface area contributed by atoms with Gasteiger partial charge in [-0.05, 0) is 48.4 Å². The summed E-state index contributed by atoms with van der Waals surface area (Å²) in [5.41, 5.74) is 2.01. The molecular weight excluding hydrogens is 292 g/mol. The van der Waals surface area contributed by atoms with Crippen molar-refractivity contribution < 1.29 is 19.4 Å². The molecule has 0 radical (unpaired) electrons. The highest BCUT2D eigenvalue weighted by molar-refractivity contribution is 6.31. The number of hydrogen-bond acceptors (Lipinski definition) is 3. The van der Waals surface area contributed by atoms with Gasteiger partial charge < -0.3 is 9.84 Å². The molecule has 4 nitrogen and oxygen atoms in total. The predicted molar refractivity (Wildman–Crippen MR) is 79.8 cm³/mol. The fourth-order valence-corrected chi connectivity index (χ4v) is 2.13. The van der Waals surface area contributed by atoms with Crippen LogP contribution in [0.1, 0.15) is 27.6 Å². The summed E-state index contributed by atoms with van der Waals surface area (Å²) < 4.78 is 4.91. The van der Waals surface area contributed by atoms with Crippen molar-refractivity contribution >= 4 is 23.5 Å². The number of carbonyl (C=O) groups is 2. The Bertz CT molecular complexity index is 677. The van der Waals surface area contributed by atoms with E-state index < -0.39 is 5.97 Å². The molecule has 1 N–H and O–H groups in total. The number of carbonyl (C=O) groups excluding carboxylic acids is 1. The van der Waals surface area contributed by atoms with Gasteiger partial charge in [0.15, 0.2) is 0 Å². The Balaban J connectivity index is 2.34. The number of halogens is 1. The standard InChI is InChI=1S/C16H13ClO4/c1-2-21-16(20)11-5-3-10(4-6-11)12-7-13(15(18)19)9-14(17)8-12/h3-9H,2H2,1H3,(H,18,19). The van der Waals surface area contributed by atoms with Crippen molar-refractivity contribution in [3.63, 3.8) is 0 Å². The molecule has 0 saturated carbocycles. The lowest BCUT2D eigenvalue weighted by Gasteiger charge is -2.06. The van der Waals surface area contributed by atoms with E-state index >= 15 is 0 Å². The highest BCUT2D eigenvalue weighted by Gasteiger charge is 2.09. The first-order valence-electron chi connectivity index (χ1n) is 6.32. The van der Waals surface area contributed by atoms with Crippen LogP contribution in [0.4, 0.5) is 0 Å². The zero-order chi connectivity index (χ0) is 15.4. The monoisotopic (exact) mass is 304 g/mol. The molecule has 0 unspecified atom stereocenters. The van der Waals surface area contributed by atoms with Gasteiger partial charge in [0, 0.05) is 5.02 Å². The maximum absolute atomic E-state index is 11.6. The average Bonchev–Trinajstić information content (AvgIpc) is 2.47. The molecule has 2 aromatic rings. The molecule has 0 bridgehead atoms. The zero-order valence-electron chi connectivity index (χ0n) is 11.3. The lowest BCUT2D eigenvalue weighted by atomic mass is 10.0. The first-order valence-corrected chi connectivity index (χ1v) is 6.70. The molecule has 0 aliphatic carbocycles. The third-order valence-corrected chi connectivity index (χ3v) is 3.09. The Hall–Kier alpha value is -2.33. The van der Waals surface area contributed by atoms with E-state index in [1.165, 1.54) is 12.1 Å². The van der Waals surface area contributed by atoms with E-state index in [1.807, 2.05) is 0 Å². The number of ether oxygens (including phenoxy) is 1.